The molecule has 2 aromatic rings. The zero-order valence-corrected chi connectivity index (χ0v) is 15.5. The van der Waals surface area contributed by atoms with Gasteiger partial charge in [0.25, 0.3) is 10.0 Å². The zero-order valence-electron chi connectivity index (χ0n) is 14.7. The van der Waals surface area contributed by atoms with Gasteiger partial charge in [-0.1, -0.05) is 26.0 Å². The zero-order chi connectivity index (χ0) is 18.4. The van der Waals surface area contributed by atoms with Crippen molar-refractivity contribution in [3.63, 3.8) is 0 Å². The van der Waals surface area contributed by atoms with Crippen LogP contribution in [0.15, 0.2) is 53.4 Å². The lowest BCUT2D eigenvalue weighted by Crippen LogP contribution is -2.13. The number of hydrogen-bond acceptors (Lipinski definition) is 4. The molecule has 2 rings (SSSR count). The summed E-state index contributed by atoms with van der Waals surface area (Å²) in [5, 5.41) is 0. The van der Waals surface area contributed by atoms with Crippen LogP contribution in [0.2, 0.25) is 0 Å². The van der Waals surface area contributed by atoms with Gasteiger partial charge in [-0.25, -0.2) is 13.2 Å². The summed E-state index contributed by atoms with van der Waals surface area (Å²) < 4.78 is 32.4. The van der Waals surface area contributed by atoms with Gasteiger partial charge in [-0.3, -0.25) is 4.72 Å². The average Bonchev–Trinajstić information content (AvgIpc) is 2.61. The van der Waals surface area contributed by atoms with Crippen LogP contribution < -0.4 is 4.72 Å². The largest absolute Gasteiger partial charge is 0.462 e. The molecule has 5 nitrogen and oxygen atoms in total. The van der Waals surface area contributed by atoms with Crippen LogP contribution in [-0.4, -0.2) is 21.0 Å². The van der Waals surface area contributed by atoms with Gasteiger partial charge in [0.05, 0.1) is 17.1 Å². The number of carbonyl (C=O) groups is 1. The maximum absolute atomic E-state index is 12.5. The summed E-state index contributed by atoms with van der Waals surface area (Å²) >= 11 is 0. The third-order valence-electron chi connectivity index (χ3n) is 4.02. The van der Waals surface area contributed by atoms with Crippen LogP contribution >= 0.6 is 0 Å². The lowest BCUT2D eigenvalue weighted by Gasteiger charge is -2.11. The van der Waals surface area contributed by atoms with E-state index in [4.69, 9.17) is 4.74 Å². The van der Waals surface area contributed by atoms with Crippen LogP contribution in [0.1, 0.15) is 49.0 Å². The SMILES string of the molecule is CCOC(=O)c1ccc(NS(=O)(=O)c2ccc([C@@H](C)CC)cc2)cc1. The second kappa shape index (κ2) is 8.16. The molecule has 0 aromatic heterocycles. The average molecular weight is 361 g/mol. The number of hydrogen-bond donors (Lipinski definition) is 1. The topological polar surface area (TPSA) is 72.5 Å². The summed E-state index contributed by atoms with van der Waals surface area (Å²) in [5.74, 6) is -0.0438. The molecule has 1 N–H and O–H groups in total. The van der Waals surface area contributed by atoms with Crippen molar-refractivity contribution in [2.45, 2.75) is 38.0 Å². The summed E-state index contributed by atoms with van der Waals surface area (Å²) in [6, 6.07) is 13.0. The van der Waals surface area contributed by atoms with Crippen molar-refractivity contribution in [3.8, 4) is 0 Å². The Morgan fingerprint density at radius 2 is 1.64 bits per heavy atom. The third-order valence-corrected chi connectivity index (χ3v) is 5.42. The van der Waals surface area contributed by atoms with E-state index in [1.807, 2.05) is 12.1 Å². The van der Waals surface area contributed by atoms with Crippen molar-refractivity contribution < 1.29 is 17.9 Å². The van der Waals surface area contributed by atoms with Crippen molar-refractivity contribution in [2.75, 3.05) is 11.3 Å². The molecule has 0 spiro atoms. The predicted molar refractivity (Wildman–Crippen MR) is 98.4 cm³/mol. The molecule has 134 valence electrons. The number of rotatable bonds is 7. The van der Waals surface area contributed by atoms with E-state index < -0.39 is 16.0 Å². The molecule has 0 aliphatic rings. The van der Waals surface area contributed by atoms with Gasteiger partial charge in [0, 0.05) is 5.69 Å². The Morgan fingerprint density at radius 3 is 2.16 bits per heavy atom. The molecule has 0 saturated heterocycles. The van der Waals surface area contributed by atoms with Gasteiger partial charge >= 0.3 is 5.97 Å². The molecule has 0 heterocycles. The van der Waals surface area contributed by atoms with E-state index in [1.54, 1.807) is 19.1 Å². The second-order valence-corrected chi connectivity index (χ2v) is 7.46. The van der Waals surface area contributed by atoms with Crippen LogP contribution in [0, 0.1) is 0 Å². The van der Waals surface area contributed by atoms with Gasteiger partial charge in [-0.2, -0.15) is 0 Å². The highest BCUT2D eigenvalue weighted by atomic mass is 32.2. The minimum absolute atomic E-state index is 0.203. The maximum atomic E-state index is 12.5. The molecule has 0 amide bonds. The molecule has 0 aliphatic heterocycles. The molecule has 1 atom stereocenters. The van der Waals surface area contributed by atoms with Crippen LogP contribution in [0.3, 0.4) is 0 Å². The molecule has 0 aliphatic carbocycles. The van der Waals surface area contributed by atoms with Gasteiger partial charge in [0.1, 0.15) is 0 Å². The van der Waals surface area contributed by atoms with Gasteiger partial charge < -0.3 is 4.74 Å². The normalized spacial score (nSPS) is 12.4. The highest BCUT2D eigenvalue weighted by Gasteiger charge is 2.15. The minimum atomic E-state index is -3.67. The summed E-state index contributed by atoms with van der Waals surface area (Å²) in [6.07, 6.45) is 0.997. The summed E-state index contributed by atoms with van der Waals surface area (Å²) in [5.41, 5.74) is 1.88. The fraction of sp³-hybridized carbons (Fsp3) is 0.316. The molecule has 0 fully saturated rings. The molecule has 0 bridgehead atoms. The first-order valence-electron chi connectivity index (χ1n) is 8.27. The van der Waals surface area contributed by atoms with E-state index in [9.17, 15) is 13.2 Å². The number of anilines is 1. The number of ether oxygens (including phenoxy) is 1. The quantitative estimate of drug-likeness (QED) is 0.751. The molecule has 2 aromatic carbocycles. The van der Waals surface area contributed by atoms with E-state index in [1.165, 1.54) is 24.3 Å². The van der Waals surface area contributed by atoms with Crippen LogP contribution in [0.25, 0.3) is 0 Å². The molecule has 25 heavy (non-hydrogen) atoms. The van der Waals surface area contributed by atoms with E-state index in [2.05, 4.69) is 18.6 Å². The van der Waals surface area contributed by atoms with Crippen LogP contribution in [-0.2, 0) is 14.8 Å². The Hall–Kier alpha value is -2.34. The highest BCUT2D eigenvalue weighted by Crippen LogP contribution is 2.22. The fourth-order valence-corrected chi connectivity index (χ4v) is 3.37. The van der Waals surface area contributed by atoms with Gasteiger partial charge in [-0.15, -0.1) is 0 Å². The van der Waals surface area contributed by atoms with Crippen molar-refractivity contribution in [1.29, 1.82) is 0 Å². The lowest BCUT2D eigenvalue weighted by molar-refractivity contribution is 0.0526. The van der Waals surface area contributed by atoms with E-state index in [0.29, 0.717) is 23.8 Å². The number of carbonyl (C=O) groups excluding carboxylic acids is 1. The first-order valence-corrected chi connectivity index (χ1v) is 9.75. The Kier molecular flexibility index (Phi) is 6.20. The number of nitrogens with one attached hydrogen (secondary N) is 1. The molecular formula is C19H23NO4S. The number of benzene rings is 2. The number of sulfonamides is 1. The summed E-state index contributed by atoms with van der Waals surface area (Å²) in [4.78, 5) is 11.8. The monoisotopic (exact) mass is 361 g/mol. The van der Waals surface area contributed by atoms with E-state index in [-0.39, 0.29) is 4.90 Å². The van der Waals surface area contributed by atoms with Crippen molar-refractivity contribution >= 4 is 21.7 Å². The van der Waals surface area contributed by atoms with Crippen molar-refractivity contribution in [1.82, 2.24) is 0 Å². The van der Waals surface area contributed by atoms with Crippen molar-refractivity contribution in [2.24, 2.45) is 0 Å². The maximum Gasteiger partial charge on any atom is 0.338 e. The van der Waals surface area contributed by atoms with E-state index in [0.717, 1.165) is 12.0 Å². The Labute approximate surface area is 149 Å². The van der Waals surface area contributed by atoms with Crippen LogP contribution in [0.5, 0.6) is 0 Å². The minimum Gasteiger partial charge on any atom is -0.462 e. The predicted octanol–water partition coefficient (Wildman–Crippen LogP) is 4.18. The fourth-order valence-electron chi connectivity index (χ4n) is 2.31. The molecule has 6 heteroatoms. The second-order valence-electron chi connectivity index (χ2n) is 5.78. The standard InChI is InChI=1S/C19H23NO4S/c1-4-14(3)15-8-12-18(13-9-15)25(22,23)20-17-10-6-16(7-11-17)19(21)24-5-2/h6-14,20H,4-5H2,1-3H3/t14-/m0/s1. The smallest absolute Gasteiger partial charge is 0.338 e. The Morgan fingerprint density at radius 1 is 1.04 bits per heavy atom. The Balaban J connectivity index is 2.14. The molecular weight excluding hydrogens is 338 g/mol. The number of esters is 1. The van der Waals surface area contributed by atoms with Crippen LogP contribution in [0.4, 0.5) is 5.69 Å². The van der Waals surface area contributed by atoms with Crippen molar-refractivity contribution in [3.05, 3.63) is 59.7 Å². The summed E-state index contributed by atoms with van der Waals surface area (Å²) in [6.45, 7) is 6.22. The Bertz CT molecular complexity index is 812. The summed E-state index contributed by atoms with van der Waals surface area (Å²) in [7, 11) is -3.67. The highest BCUT2D eigenvalue weighted by molar-refractivity contribution is 7.92. The molecule has 0 unspecified atom stereocenters. The van der Waals surface area contributed by atoms with Gasteiger partial charge in [0.2, 0.25) is 0 Å². The lowest BCUT2D eigenvalue weighted by atomic mass is 9.99. The molecule has 0 saturated carbocycles. The molecule has 0 radical (unpaired) electrons. The third kappa shape index (κ3) is 4.82. The first kappa shape index (κ1) is 19.0. The van der Waals surface area contributed by atoms with E-state index >= 15 is 0 Å². The van der Waals surface area contributed by atoms with Gasteiger partial charge in [0.15, 0.2) is 0 Å². The van der Waals surface area contributed by atoms with Gasteiger partial charge in [-0.05, 0) is 61.2 Å². The first-order chi connectivity index (χ1) is 11.9.